The molecule has 96 valence electrons. The van der Waals surface area contributed by atoms with Gasteiger partial charge in [0.2, 0.25) is 0 Å². The maximum Gasteiger partial charge on any atom is 0.125 e. The summed E-state index contributed by atoms with van der Waals surface area (Å²) < 4.78 is 13.0. The molecule has 1 aromatic carbocycles. The van der Waals surface area contributed by atoms with Gasteiger partial charge < -0.3 is 5.32 Å². The number of hydrogen-bond donors (Lipinski definition) is 1. The molecule has 1 heterocycles. The van der Waals surface area contributed by atoms with E-state index >= 15 is 0 Å². The number of anilines is 1. The number of thiazole rings is 1. The summed E-state index contributed by atoms with van der Waals surface area (Å²) in [5.41, 5.74) is 0.877. The average molecular weight is 264 g/mol. The molecule has 0 fully saturated rings. The molecule has 0 unspecified atom stereocenters. The van der Waals surface area contributed by atoms with Crippen molar-refractivity contribution in [2.24, 2.45) is 0 Å². The molecule has 0 amide bonds. The van der Waals surface area contributed by atoms with Gasteiger partial charge in [0.15, 0.2) is 0 Å². The van der Waals surface area contributed by atoms with Crippen LogP contribution in [0.5, 0.6) is 0 Å². The number of hydrogen-bond acceptors (Lipinski definition) is 3. The van der Waals surface area contributed by atoms with Crippen molar-refractivity contribution >= 4 is 17.0 Å². The zero-order chi connectivity index (χ0) is 13.2. The number of aromatic nitrogens is 1. The van der Waals surface area contributed by atoms with E-state index in [4.69, 9.17) is 0 Å². The highest BCUT2D eigenvalue weighted by atomic mass is 32.1. The fraction of sp³-hybridized carbons (Fsp3) is 0.357. The third-order valence-electron chi connectivity index (χ3n) is 2.49. The molecule has 0 bridgehead atoms. The minimum atomic E-state index is -0.223. The molecule has 4 heteroatoms. The van der Waals surface area contributed by atoms with Crippen molar-refractivity contribution in [1.82, 2.24) is 4.98 Å². The summed E-state index contributed by atoms with van der Waals surface area (Å²) in [6.07, 6.45) is 1.89. The van der Waals surface area contributed by atoms with Crippen LogP contribution in [-0.4, -0.2) is 4.98 Å². The van der Waals surface area contributed by atoms with Crippen LogP contribution in [0.4, 0.5) is 10.1 Å². The molecule has 2 rings (SSSR count). The topological polar surface area (TPSA) is 24.9 Å². The van der Waals surface area contributed by atoms with E-state index in [1.165, 1.54) is 12.1 Å². The van der Waals surface area contributed by atoms with E-state index in [9.17, 15) is 4.39 Å². The molecule has 2 nitrogen and oxygen atoms in total. The highest BCUT2D eigenvalue weighted by Crippen LogP contribution is 2.27. The lowest BCUT2D eigenvalue weighted by Crippen LogP contribution is -2.09. The molecule has 1 aromatic heterocycles. The molecule has 0 radical (unpaired) electrons. The first-order valence-electron chi connectivity index (χ1n) is 5.90. The summed E-state index contributed by atoms with van der Waals surface area (Å²) in [7, 11) is 0. The Bertz CT molecular complexity index is 529. The minimum absolute atomic E-state index is 0.0851. The molecule has 0 atom stereocenters. The third kappa shape index (κ3) is 3.29. The normalized spacial score (nSPS) is 11.6. The molecular formula is C14H17FN2S. The van der Waals surface area contributed by atoms with E-state index in [2.05, 4.69) is 31.1 Å². The fourth-order valence-electron chi connectivity index (χ4n) is 1.52. The van der Waals surface area contributed by atoms with Crippen molar-refractivity contribution in [1.29, 1.82) is 0 Å². The number of nitrogens with one attached hydrogen (secondary N) is 1. The van der Waals surface area contributed by atoms with Gasteiger partial charge in [0, 0.05) is 22.2 Å². The van der Waals surface area contributed by atoms with Crippen LogP contribution >= 0.6 is 11.3 Å². The van der Waals surface area contributed by atoms with E-state index in [1.54, 1.807) is 17.4 Å². The first-order chi connectivity index (χ1) is 8.45. The van der Waals surface area contributed by atoms with Crippen LogP contribution in [0.15, 0.2) is 30.5 Å². The largest absolute Gasteiger partial charge is 0.380 e. The molecular weight excluding hydrogens is 247 g/mol. The van der Waals surface area contributed by atoms with Crippen molar-refractivity contribution in [2.45, 2.75) is 32.7 Å². The lowest BCUT2D eigenvalue weighted by Gasteiger charge is -2.13. The van der Waals surface area contributed by atoms with Crippen LogP contribution in [0.2, 0.25) is 0 Å². The Kier molecular flexibility index (Phi) is 3.66. The van der Waals surface area contributed by atoms with Gasteiger partial charge in [-0.05, 0) is 18.2 Å². The summed E-state index contributed by atoms with van der Waals surface area (Å²) in [5, 5.41) is 4.32. The first kappa shape index (κ1) is 13.0. The van der Waals surface area contributed by atoms with Crippen molar-refractivity contribution < 1.29 is 4.39 Å². The third-order valence-corrected chi connectivity index (χ3v) is 3.91. The fourth-order valence-corrected chi connectivity index (χ4v) is 2.43. The lowest BCUT2D eigenvalue weighted by molar-refractivity contribution is 0.585. The van der Waals surface area contributed by atoms with Crippen LogP contribution in [0.25, 0.3) is 0 Å². The number of rotatable bonds is 3. The molecule has 0 aliphatic rings. The Hall–Kier alpha value is -1.42. The quantitative estimate of drug-likeness (QED) is 0.899. The second-order valence-electron chi connectivity index (χ2n) is 5.25. The summed E-state index contributed by atoms with van der Waals surface area (Å²) in [4.78, 5) is 5.58. The summed E-state index contributed by atoms with van der Waals surface area (Å²) in [6.45, 7) is 7.12. The second kappa shape index (κ2) is 5.06. The Morgan fingerprint density at radius 1 is 1.33 bits per heavy atom. The molecule has 0 saturated carbocycles. The van der Waals surface area contributed by atoms with E-state index < -0.39 is 0 Å². The highest BCUT2D eigenvalue weighted by Gasteiger charge is 2.17. The standard InChI is InChI=1S/C14H17FN2S/c1-14(2,3)13-17-9-12(18-13)8-16-11-6-4-5-10(15)7-11/h4-7,9,16H,8H2,1-3H3. The molecule has 18 heavy (non-hydrogen) atoms. The van der Waals surface area contributed by atoms with Gasteiger partial charge in [-0.2, -0.15) is 0 Å². The van der Waals surface area contributed by atoms with Gasteiger partial charge in [-0.25, -0.2) is 9.37 Å². The Morgan fingerprint density at radius 3 is 2.72 bits per heavy atom. The van der Waals surface area contributed by atoms with Crippen molar-refractivity contribution in [3.8, 4) is 0 Å². The monoisotopic (exact) mass is 264 g/mol. The average Bonchev–Trinajstić information content (AvgIpc) is 2.74. The van der Waals surface area contributed by atoms with Gasteiger partial charge in [0.25, 0.3) is 0 Å². The second-order valence-corrected chi connectivity index (χ2v) is 6.36. The summed E-state index contributed by atoms with van der Waals surface area (Å²) in [5.74, 6) is -0.223. The van der Waals surface area contributed by atoms with E-state index in [1.807, 2.05) is 12.3 Å². The molecule has 0 aliphatic carbocycles. The Balaban J connectivity index is 2.01. The SMILES string of the molecule is CC(C)(C)c1ncc(CNc2cccc(F)c2)s1. The number of benzene rings is 1. The van der Waals surface area contributed by atoms with Gasteiger partial charge in [0.1, 0.15) is 5.82 Å². The van der Waals surface area contributed by atoms with Gasteiger partial charge in [-0.15, -0.1) is 11.3 Å². The van der Waals surface area contributed by atoms with Crippen molar-refractivity contribution in [3.05, 3.63) is 46.2 Å². The van der Waals surface area contributed by atoms with Crippen molar-refractivity contribution in [2.75, 3.05) is 5.32 Å². The van der Waals surface area contributed by atoms with Gasteiger partial charge in [-0.1, -0.05) is 26.8 Å². The predicted octanol–water partition coefficient (Wildman–Crippen LogP) is 4.19. The molecule has 2 aromatic rings. The van der Waals surface area contributed by atoms with Crippen LogP contribution in [0.1, 0.15) is 30.7 Å². The van der Waals surface area contributed by atoms with E-state index in [-0.39, 0.29) is 11.2 Å². The molecule has 1 N–H and O–H groups in total. The maximum absolute atomic E-state index is 13.0. The predicted molar refractivity (Wildman–Crippen MR) is 74.5 cm³/mol. The summed E-state index contributed by atoms with van der Waals surface area (Å²) >= 11 is 1.70. The number of halogens is 1. The number of nitrogens with zero attached hydrogens (tertiary/aromatic N) is 1. The van der Waals surface area contributed by atoms with Crippen LogP contribution < -0.4 is 5.32 Å². The van der Waals surface area contributed by atoms with E-state index in [0.29, 0.717) is 6.54 Å². The minimum Gasteiger partial charge on any atom is -0.380 e. The first-order valence-corrected chi connectivity index (χ1v) is 6.71. The van der Waals surface area contributed by atoms with Crippen LogP contribution in [0.3, 0.4) is 0 Å². The zero-order valence-electron chi connectivity index (χ0n) is 10.8. The Labute approximate surface area is 111 Å². The highest BCUT2D eigenvalue weighted by molar-refractivity contribution is 7.11. The molecule has 0 aliphatic heterocycles. The van der Waals surface area contributed by atoms with Gasteiger partial charge in [0.05, 0.1) is 11.6 Å². The zero-order valence-corrected chi connectivity index (χ0v) is 11.6. The van der Waals surface area contributed by atoms with Gasteiger partial charge in [-0.3, -0.25) is 0 Å². The smallest absolute Gasteiger partial charge is 0.125 e. The Morgan fingerprint density at radius 2 is 2.11 bits per heavy atom. The summed E-state index contributed by atoms with van der Waals surface area (Å²) in [6, 6.07) is 6.49. The molecule has 0 spiro atoms. The maximum atomic E-state index is 13.0. The van der Waals surface area contributed by atoms with Crippen LogP contribution in [-0.2, 0) is 12.0 Å². The van der Waals surface area contributed by atoms with E-state index in [0.717, 1.165) is 15.6 Å². The van der Waals surface area contributed by atoms with Crippen LogP contribution in [0, 0.1) is 5.82 Å². The van der Waals surface area contributed by atoms with Gasteiger partial charge >= 0.3 is 0 Å². The van der Waals surface area contributed by atoms with Crippen molar-refractivity contribution in [3.63, 3.8) is 0 Å². The lowest BCUT2D eigenvalue weighted by atomic mass is 9.98. The molecule has 0 saturated heterocycles.